The van der Waals surface area contributed by atoms with Crippen LogP contribution in [0.1, 0.15) is 50.4 Å². The molecule has 0 radical (unpaired) electrons. The van der Waals surface area contributed by atoms with Crippen molar-refractivity contribution in [2.24, 2.45) is 11.3 Å². The van der Waals surface area contributed by atoms with Gasteiger partial charge in [0.1, 0.15) is 11.3 Å². The molecule has 0 aliphatic heterocycles. The monoisotopic (exact) mass is 291 g/mol. The third kappa shape index (κ3) is 2.22. The van der Waals surface area contributed by atoms with E-state index in [2.05, 4.69) is 29.5 Å². The van der Waals surface area contributed by atoms with Gasteiger partial charge < -0.3 is 4.57 Å². The Morgan fingerprint density at radius 2 is 2.05 bits per heavy atom. The van der Waals surface area contributed by atoms with Crippen LogP contribution in [0, 0.1) is 18.3 Å². The predicted octanol–water partition coefficient (Wildman–Crippen LogP) is 4.48. The van der Waals surface area contributed by atoms with E-state index in [1.165, 1.54) is 12.8 Å². The molecule has 1 unspecified atom stereocenters. The molecule has 108 valence electrons. The summed E-state index contributed by atoms with van der Waals surface area (Å²) >= 11 is 6.34. The van der Waals surface area contributed by atoms with Crippen molar-refractivity contribution in [3.05, 3.63) is 23.7 Å². The van der Waals surface area contributed by atoms with Gasteiger partial charge in [0.2, 0.25) is 0 Å². The van der Waals surface area contributed by atoms with E-state index in [4.69, 9.17) is 16.6 Å². The second kappa shape index (κ2) is 4.73. The summed E-state index contributed by atoms with van der Waals surface area (Å²) in [6.07, 6.45) is 4.51. The van der Waals surface area contributed by atoms with Crippen LogP contribution in [0.25, 0.3) is 11.2 Å². The number of nitrogens with zero attached hydrogens (tertiary/aromatic N) is 3. The van der Waals surface area contributed by atoms with Gasteiger partial charge in [0.15, 0.2) is 5.65 Å². The lowest BCUT2D eigenvalue weighted by Crippen LogP contribution is -2.19. The fourth-order valence-electron chi connectivity index (χ4n) is 2.98. The number of fused-ring (bicyclic) bond motifs is 1. The van der Waals surface area contributed by atoms with Crippen molar-refractivity contribution < 1.29 is 0 Å². The van der Waals surface area contributed by atoms with Crippen LogP contribution in [0.15, 0.2) is 12.3 Å². The quantitative estimate of drug-likeness (QED) is 0.778. The molecule has 0 bridgehead atoms. The number of aromatic nitrogens is 3. The minimum atomic E-state index is -0.0903. The lowest BCUT2D eigenvalue weighted by Gasteiger charge is -2.22. The summed E-state index contributed by atoms with van der Waals surface area (Å²) in [7, 11) is 0. The first-order valence-electron chi connectivity index (χ1n) is 7.40. The van der Waals surface area contributed by atoms with Gasteiger partial charge in [0.05, 0.1) is 5.38 Å². The molecule has 3 nitrogen and oxygen atoms in total. The second-order valence-electron chi connectivity index (χ2n) is 6.54. The van der Waals surface area contributed by atoms with Crippen molar-refractivity contribution in [1.29, 1.82) is 0 Å². The third-order valence-electron chi connectivity index (χ3n) is 4.70. The molecule has 2 heterocycles. The highest BCUT2D eigenvalue weighted by atomic mass is 35.5. The lowest BCUT2D eigenvalue weighted by atomic mass is 9.92. The fourth-order valence-corrected chi connectivity index (χ4v) is 3.15. The molecule has 1 atom stereocenters. The van der Waals surface area contributed by atoms with Crippen LogP contribution in [0.2, 0.25) is 0 Å². The first kappa shape index (κ1) is 13.9. The molecule has 20 heavy (non-hydrogen) atoms. The van der Waals surface area contributed by atoms with Gasteiger partial charge >= 0.3 is 0 Å². The highest BCUT2D eigenvalue weighted by molar-refractivity contribution is 6.20. The van der Waals surface area contributed by atoms with E-state index in [-0.39, 0.29) is 5.38 Å². The standard InChI is InChI=1S/C16H22ClN3/c1-10(2)16(5-6-16)9-20-14(12(4)17)19-13-7-11(3)8-18-15(13)20/h7-8,10,12H,5-6,9H2,1-4H3. The summed E-state index contributed by atoms with van der Waals surface area (Å²) < 4.78 is 2.25. The number of hydrogen-bond donors (Lipinski definition) is 0. The molecule has 0 spiro atoms. The smallest absolute Gasteiger partial charge is 0.160 e. The highest BCUT2D eigenvalue weighted by Crippen LogP contribution is 2.53. The minimum absolute atomic E-state index is 0.0903. The second-order valence-corrected chi connectivity index (χ2v) is 7.20. The molecule has 1 aliphatic rings. The Balaban J connectivity index is 2.10. The average Bonchev–Trinajstić information content (AvgIpc) is 3.07. The summed E-state index contributed by atoms with van der Waals surface area (Å²) in [6.45, 7) is 9.65. The van der Waals surface area contributed by atoms with Crippen molar-refractivity contribution in [3.63, 3.8) is 0 Å². The van der Waals surface area contributed by atoms with E-state index in [0.29, 0.717) is 11.3 Å². The zero-order valence-corrected chi connectivity index (χ0v) is 13.4. The van der Waals surface area contributed by atoms with E-state index in [1.54, 1.807) is 0 Å². The molecular formula is C16H22ClN3. The molecule has 1 aliphatic carbocycles. The van der Waals surface area contributed by atoms with Crippen LogP contribution in [0.4, 0.5) is 0 Å². The first-order valence-corrected chi connectivity index (χ1v) is 7.83. The Kier molecular flexibility index (Phi) is 3.28. The Bertz CT molecular complexity index is 638. The number of hydrogen-bond acceptors (Lipinski definition) is 2. The molecule has 1 fully saturated rings. The predicted molar refractivity (Wildman–Crippen MR) is 83.0 cm³/mol. The van der Waals surface area contributed by atoms with Crippen molar-refractivity contribution in [2.45, 2.75) is 52.5 Å². The maximum atomic E-state index is 6.34. The van der Waals surface area contributed by atoms with Crippen molar-refractivity contribution in [2.75, 3.05) is 0 Å². The van der Waals surface area contributed by atoms with Gasteiger partial charge in [0.25, 0.3) is 0 Å². The number of pyridine rings is 1. The maximum absolute atomic E-state index is 6.34. The van der Waals surface area contributed by atoms with Gasteiger partial charge in [-0.05, 0) is 49.7 Å². The average molecular weight is 292 g/mol. The van der Waals surface area contributed by atoms with Gasteiger partial charge in [0, 0.05) is 12.7 Å². The Morgan fingerprint density at radius 1 is 1.35 bits per heavy atom. The van der Waals surface area contributed by atoms with E-state index in [1.807, 2.05) is 20.0 Å². The Labute approximate surface area is 125 Å². The highest BCUT2D eigenvalue weighted by Gasteiger charge is 2.46. The molecule has 3 rings (SSSR count). The lowest BCUT2D eigenvalue weighted by molar-refractivity contribution is 0.308. The fraction of sp³-hybridized carbons (Fsp3) is 0.625. The third-order valence-corrected chi connectivity index (χ3v) is 4.89. The van der Waals surface area contributed by atoms with E-state index >= 15 is 0 Å². The van der Waals surface area contributed by atoms with Crippen molar-refractivity contribution >= 4 is 22.8 Å². The van der Waals surface area contributed by atoms with Crippen LogP contribution in [0.5, 0.6) is 0 Å². The Hall–Kier alpha value is -1.09. The van der Waals surface area contributed by atoms with E-state index in [0.717, 1.165) is 29.1 Å². The summed E-state index contributed by atoms with van der Waals surface area (Å²) in [5.74, 6) is 1.63. The molecule has 2 aromatic rings. The summed E-state index contributed by atoms with van der Waals surface area (Å²) in [4.78, 5) is 9.31. The summed E-state index contributed by atoms with van der Waals surface area (Å²) in [5.41, 5.74) is 3.50. The number of alkyl halides is 1. The number of aryl methyl sites for hydroxylation is 1. The minimum Gasteiger partial charge on any atom is -0.311 e. The normalized spacial score (nSPS) is 18.7. The van der Waals surface area contributed by atoms with Crippen LogP contribution >= 0.6 is 11.6 Å². The Morgan fingerprint density at radius 3 is 2.60 bits per heavy atom. The van der Waals surface area contributed by atoms with Crippen LogP contribution in [0.3, 0.4) is 0 Å². The topological polar surface area (TPSA) is 30.7 Å². The SMILES string of the molecule is Cc1cnc2c(c1)nc(C(C)Cl)n2CC1(C(C)C)CC1. The molecule has 2 aromatic heterocycles. The van der Waals surface area contributed by atoms with Crippen LogP contribution < -0.4 is 0 Å². The zero-order chi connectivity index (χ0) is 14.5. The maximum Gasteiger partial charge on any atom is 0.160 e. The molecule has 0 N–H and O–H groups in total. The first-order chi connectivity index (χ1) is 9.43. The van der Waals surface area contributed by atoms with Crippen LogP contribution in [-0.2, 0) is 6.54 Å². The van der Waals surface area contributed by atoms with Gasteiger partial charge in [-0.15, -0.1) is 11.6 Å². The van der Waals surface area contributed by atoms with Gasteiger partial charge in [-0.25, -0.2) is 9.97 Å². The van der Waals surface area contributed by atoms with Crippen molar-refractivity contribution in [1.82, 2.24) is 14.5 Å². The zero-order valence-electron chi connectivity index (χ0n) is 12.7. The largest absolute Gasteiger partial charge is 0.311 e. The molecule has 1 saturated carbocycles. The van der Waals surface area contributed by atoms with E-state index in [9.17, 15) is 0 Å². The molecule has 0 aromatic carbocycles. The number of halogens is 1. The van der Waals surface area contributed by atoms with Gasteiger partial charge in [-0.3, -0.25) is 0 Å². The molecule has 0 amide bonds. The molecular weight excluding hydrogens is 270 g/mol. The number of rotatable bonds is 4. The summed E-state index contributed by atoms with van der Waals surface area (Å²) in [5, 5.41) is -0.0903. The molecule has 4 heteroatoms. The summed E-state index contributed by atoms with van der Waals surface area (Å²) in [6, 6.07) is 2.09. The van der Waals surface area contributed by atoms with E-state index < -0.39 is 0 Å². The van der Waals surface area contributed by atoms with Crippen LogP contribution in [-0.4, -0.2) is 14.5 Å². The number of imidazole rings is 1. The van der Waals surface area contributed by atoms with Crippen molar-refractivity contribution in [3.8, 4) is 0 Å². The molecule has 0 saturated heterocycles. The van der Waals surface area contributed by atoms with Gasteiger partial charge in [-0.2, -0.15) is 0 Å². The van der Waals surface area contributed by atoms with Gasteiger partial charge in [-0.1, -0.05) is 13.8 Å².